The highest BCUT2D eigenvalue weighted by atomic mass is 28.3. The van der Waals surface area contributed by atoms with Gasteiger partial charge >= 0.3 is 6.85 Å². The van der Waals surface area contributed by atoms with Gasteiger partial charge in [0, 0.05) is 49.7 Å². The molecule has 1 spiro atoms. The van der Waals surface area contributed by atoms with Crippen LogP contribution < -0.4 is 36.6 Å². The van der Waals surface area contributed by atoms with Crippen molar-refractivity contribution in [3.05, 3.63) is 174 Å². The van der Waals surface area contributed by atoms with E-state index in [1.54, 1.807) is 0 Å². The first kappa shape index (κ1) is 36.2. The first-order valence-electron chi connectivity index (χ1n) is 23.0. The van der Waals surface area contributed by atoms with Crippen LogP contribution in [0.25, 0.3) is 55.2 Å². The number of hydrogen-bond donors (Lipinski definition) is 0. The van der Waals surface area contributed by atoms with Gasteiger partial charge in [0.05, 0.1) is 5.69 Å². The van der Waals surface area contributed by atoms with Crippen LogP contribution in [-0.2, 0) is 16.2 Å². The van der Waals surface area contributed by atoms with E-state index in [1.807, 2.05) is 0 Å². The Hall–Kier alpha value is -6.36. The molecule has 1 aliphatic carbocycles. The summed E-state index contributed by atoms with van der Waals surface area (Å²) < 4.78 is 2.79. The Morgan fingerprint density at radius 2 is 1.11 bits per heavy atom. The normalized spacial score (nSPS) is 16.1. The molecule has 0 fully saturated rings. The summed E-state index contributed by atoms with van der Waals surface area (Å²) >= 11 is 0. The van der Waals surface area contributed by atoms with Crippen LogP contribution in [0.1, 0.15) is 77.6 Å². The molecule has 9 aromatic rings. The van der Waals surface area contributed by atoms with E-state index in [0.29, 0.717) is 0 Å². The fourth-order valence-electron chi connectivity index (χ4n) is 13.2. The summed E-state index contributed by atoms with van der Waals surface area (Å²) in [7, 11) is -2.82. The third-order valence-electron chi connectivity index (χ3n) is 16.0. The SMILES string of the molecule is CC(C)(C)c1ccc2c(c1)c1cc(C(C)(C)C)cc3c1n2B1c2cccc4c2N(c2ccccc2[Si]42c4ccccc4-c4ccccc42)c2c1c-3cc1c2-c2ccccc2C1(C)C. The van der Waals surface area contributed by atoms with Crippen molar-refractivity contribution < 1.29 is 0 Å². The molecular weight excluding hydrogens is 776 g/mol. The highest BCUT2D eigenvalue weighted by Gasteiger charge is 2.58. The summed E-state index contributed by atoms with van der Waals surface area (Å²) in [4.78, 5) is 2.79. The molecule has 0 radical (unpaired) electrons. The third-order valence-corrected chi connectivity index (χ3v) is 21.0. The lowest BCUT2D eigenvalue weighted by Crippen LogP contribution is -2.77. The second-order valence-electron chi connectivity index (χ2n) is 21.6. The molecule has 5 aliphatic rings. The molecule has 0 amide bonds. The molecule has 14 rings (SSSR count). The van der Waals surface area contributed by atoms with Gasteiger partial charge in [-0.25, -0.2) is 0 Å². The molecular formula is C59H49BN2Si. The molecule has 302 valence electrons. The number of anilines is 3. The Kier molecular flexibility index (Phi) is 6.55. The molecule has 2 nitrogen and oxygen atoms in total. The van der Waals surface area contributed by atoms with Gasteiger partial charge in [-0.05, 0) is 123 Å². The lowest BCUT2D eigenvalue weighted by molar-refractivity contribution is 0.590. The topological polar surface area (TPSA) is 8.17 Å². The van der Waals surface area contributed by atoms with Gasteiger partial charge in [-0.2, -0.15) is 0 Å². The van der Waals surface area contributed by atoms with Crippen molar-refractivity contribution >= 4 is 85.5 Å². The van der Waals surface area contributed by atoms with Crippen LogP contribution in [0.3, 0.4) is 0 Å². The highest BCUT2D eigenvalue weighted by molar-refractivity contribution is 7.24. The molecule has 63 heavy (non-hydrogen) atoms. The standard InChI is InChI=1S/C59H49BN2Si/c1-57(2,3)34-28-29-46-39(30-34)41-31-35(58(4,5)6)32-42-40-33-44-52(38-20-9-12-21-43(38)59(44,7)8)56-53(40)60(62(46)54(41)42)45-22-17-27-51-55(45)61(56)47-23-13-16-26-50(47)63(51)48-24-14-10-18-36(48)37-19-11-15-25-49(37)63/h9-33H,1-8H3. The van der Waals surface area contributed by atoms with Crippen molar-refractivity contribution in [1.29, 1.82) is 0 Å². The summed E-state index contributed by atoms with van der Waals surface area (Å²) in [6.07, 6.45) is 0. The number of para-hydroxylation sites is 2. The monoisotopic (exact) mass is 824 g/mol. The molecule has 1 aromatic heterocycles. The van der Waals surface area contributed by atoms with Gasteiger partial charge in [-0.15, -0.1) is 0 Å². The van der Waals surface area contributed by atoms with Crippen molar-refractivity contribution in [2.75, 3.05) is 4.90 Å². The smallest absolute Gasteiger partial charge is 0.333 e. The third kappa shape index (κ3) is 4.14. The Morgan fingerprint density at radius 3 is 1.83 bits per heavy atom. The first-order chi connectivity index (χ1) is 30.3. The highest BCUT2D eigenvalue weighted by Crippen LogP contribution is 2.58. The van der Waals surface area contributed by atoms with Gasteiger partial charge in [0.1, 0.15) is 0 Å². The molecule has 0 saturated heterocycles. The Bertz CT molecular complexity index is 3550. The fraction of sp³-hybridized carbons (Fsp3) is 0.186. The van der Waals surface area contributed by atoms with Crippen LogP contribution in [0.15, 0.2) is 152 Å². The van der Waals surface area contributed by atoms with Crippen LogP contribution in [0.4, 0.5) is 17.1 Å². The quantitative estimate of drug-likeness (QED) is 0.138. The number of fused-ring (bicyclic) bond motifs is 20. The second-order valence-corrected chi connectivity index (χ2v) is 25.3. The van der Waals surface area contributed by atoms with E-state index in [0.717, 1.165) is 0 Å². The summed E-state index contributed by atoms with van der Waals surface area (Å²) in [5.74, 6) is 0. The molecule has 0 N–H and O–H groups in total. The summed E-state index contributed by atoms with van der Waals surface area (Å²) in [6, 6.07) is 60.2. The van der Waals surface area contributed by atoms with Crippen LogP contribution in [-0.4, -0.2) is 19.4 Å². The number of nitrogens with zero attached hydrogens (tertiary/aromatic N) is 2. The van der Waals surface area contributed by atoms with Gasteiger partial charge < -0.3 is 9.38 Å². The maximum atomic E-state index is 2.79. The molecule has 0 bridgehead atoms. The molecule has 4 heteroatoms. The number of benzene rings is 8. The van der Waals surface area contributed by atoms with Crippen LogP contribution in [0, 0.1) is 0 Å². The number of hydrogen-bond acceptors (Lipinski definition) is 1. The van der Waals surface area contributed by atoms with Crippen LogP contribution in [0.5, 0.6) is 0 Å². The average Bonchev–Trinajstić information content (AvgIpc) is 3.85. The lowest BCUT2D eigenvalue weighted by Gasteiger charge is -2.49. The van der Waals surface area contributed by atoms with E-state index >= 15 is 0 Å². The Morgan fingerprint density at radius 1 is 0.492 bits per heavy atom. The molecule has 0 atom stereocenters. The first-order valence-corrected chi connectivity index (χ1v) is 25.0. The van der Waals surface area contributed by atoms with E-state index < -0.39 is 8.07 Å². The zero-order valence-electron chi connectivity index (χ0n) is 37.4. The van der Waals surface area contributed by atoms with Crippen molar-refractivity contribution in [2.24, 2.45) is 0 Å². The van der Waals surface area contributed by atoms with Gasteiger partial charge in [-0.3, -0.25) is 0 Å². The van der Waals surface area contributed by atoms with Crippen molar-refractivity contribution in [3.8, 4) is 33.4 Å². The summed E-state index contributed by atoms with van der Waals surface area (Å²) in [6.45, 7) is 19.1. The van der Waals surface area contributed by atoms with Gasteiger partial charge in [0.25, 0.3) is 0 Å². The number of rotatable bonds is 0. The minimum atomic E-state index is -2.82. The predicted molar refractivity (Wildman–Crippen MR) is 271 cm³/mol. The minimum Gasteiger partial charge on any atom is -0.375 e. The molecule has 0 saturated carbocycles. The van der Waals surface area contributed by atoms with Crippen LogP contribution >= 0.6 is 0 Å². The van der Waals surface area contributed by atoms with Crippen molar-refractivity contribution in [1.82, 2.24) is 4.48 Å². The van der Waals surface area contributed by atoms with Crippen LogP contribution in [0.2, 0.25) is 0 Å². The Balaban J connectivity index is 1.22. The minimum absolute atomic E-state index is 0.0210. The van der Waals surface area contributed by atoms with Gasteiger partial charge in [0.2, 0.25) is 0 Å². The summed E-state index contributed by atoms with van der Waals surface area (Å²) in [5.41, 5.74) is 23.3. The van der Waals surface area contributed by atoms with E-state index in [2.05, 4.69) is 216 Å². The maximum Gasteiger partial charge on any atom is 0.333 e. The predicted octanol–water partition coefficient (Wildman–Crippen LogP) is 10.8. The van der Waals surface area contributed by atoms with E-state index in [4.69, 9.17) is 0 Å². The van der Waals surface area contributed by atoms with E-state index in [-0.39, 0.29) is 23.1 Å². The maximum absolute atomic E-state index is 2.82. The number of aromatic nitrogens is 1. The van der Waals surface area contributed by atoms with Crippen molar-refractivity contribution in [3.63, 3.8) is 0 Å². The molecule has 8 aromatic carbocycles. The molecule has 5 heterocycles. The largest absolute Gasteiger partial charge is 0.375 e. The van der Waals surface area contributed by atoms with E-state index in [1.165, 1.54) is 126 Å². The average molecular weight is 825 g/mol. The second kappa shape index (κ2) is 11.4. The zero-order chi connectivity index (χ0) is 42.7. The molecule has 4 aliphatic heterocycles. The fourth-order valence-corrected chi connectivity index (χ4v) is 18.7. The van der Waals surface area contributed by atoms with Gasteiger partial charge in [-0.1, -0.05) is 171 Å². The van der Waals surface area contributed by atoms with E-state index in [9.17, 15) is 0 Å². The molecule has 0 unspecified atom stereocenters. The lowest BCUT2D eigenvalue weighted by atomic mass is 9.44. The Labute approximate surface area is 372 Å². The summed E-state index contributed by atoms with van der Waals surface area (Å²) in [5, 5.41) is 8.74. The van der Waals surface area contributed by atoms with Crippen molar-refractivity contribution in [2.45, 2.75) is 71.6 Å². The van der Waals surface area contributed by atoms with Gasteiger partial charge in [0.15, 0.2) is 8.07 Å². The zero-order valence-corrected chi connectivity index (χ0v) is 38.4.